The number of hydrogen-bond acceptors (Lipinski definition) is 4. The topological polar surface area (TPSA) is 79.0 Å². The van der Waals surface area contributed by atoms with Crippen LogP contribution in [0, 0.1) is 0 Å². The highest BCUT2D eigenvalue weighted by Crippen LogP contribution is 2.34. The highest BCUT2D eigenvalue weighted by Gasteiger charge is 2.49. The molecule has 9 heteroatoms. The van der Waals surface area contributed by atoms with E-state index >= 15 is 0 Å². The number of nitrogens with zero attached hydrogens (tertiary/aromatic N) is 2. The zero-order valence-electron chi connectivity index (χ0n) is 18.4. The first-order chi connectivity index (χ1) is 15.7. The number of imide groups is 1. The summed E-state index contributed by atoms with van der Waals surface area (Å²) in [4.78, 5) is 41.3. The summed E-state index contributed by atoms with van der Waals surface area (Å²) in [5.74, 6) is -0.985. The van der Waals surface area contributed by atoms with Gasteiger partial charge in [0, 0.05) is 7.05 Å². The van der Waals surface area contributed by atoms with Gasteiger partial charge in [0.15, 0.2) is 0 Å². The molecule has 4 rings (SSSR count). The third kappa shape index (κ3) is 4.27. The number of urea groups is 1. The minimum absolute atomic E-state index is 0.0597. The average molecular weight is 457 g/mol. The maximum atomic E-state index is 13.2. The van der Waals surface area contributed by atoms with E-state index in [1.165, 1.54) is 36.8 Å². The smallest absolute Gasteiger partial charge is 0.387 e. The van der Waals surface area contributed by atoms with Gasteiger partial charge in [0.25, 0.3) is 5.91 Å². The molecule has 1 fully saturated rings. The molecule has 4 amide bonds. The number of aryl methyl sites for hydroxylation is 1. The van der Waals surface area contributed by atoms with Crippen molar-refractivity contribution < 1.29 is 27.9 Å². The highest BCUT2D eigenvalue weighted by molar-refractivity contribution is 6.09. The van der Waals surface area contributed by atoms with Crippen molar-refractivity contribution in [2.45, 2.75) is 44.4 Å². The summed E-state index contributed by atoms with van der Waals surface area (Å²) in [6.07, 6.45) is 2.72. The Morgan fingerprint density at radius 2 is 1.91 bits per heavy atom. The van der Waals surface area contributed by atoms with Gasteiger partial charge in [0.1, 0.15) is 17.8 Å². The van der Waals surface area contributed by atoms with Crippen molar-refractivity contribution in [3.05, 3.63) is 65.2 Å². The number of carbonyl (C=O) groups excluding carboxylic acids is 3. The van der Waals surface area contributed by atoms with Crippen LogP contribution in [-0.2, 0) is 21.5 Å². The van der Waals surface area contributed by atoms with E-state index < -0.39 is 24.1 Å². The lowest BCUT2D eigenvalue weighted by Crippen LogP contribution is -2.44. The first-order valence-corrected chi connectivity index (χ1v) is 10.7. The number of benzene rings is 2. The number of likely N-dealkylation sites (N-methyl/N-ethyl adjacent to an activating group) is 1. The van der Waals surface area contributed by atoms with Gasteiger partial charge in [-0.3, -0.25) is 14.5 Å². The van der Waals surface area contributed by atoms with Gasteiger partial charge in [-0.1, -0.05) is 36.4 Å². The zero-order valence-corrected chi connectivity index (χ0v) is 18.4. The quantitative estimate of drug-likeness (QED) is 0.673. The first kappa shape index (κ1) is 22.7. The molecular weight excluding hydrogens is 432 g/mol. The van der Waals surface area contributed by atoms with Crippen LogP contribution in [-0.4, -0.2) is 47.8 Å². The molecule has 174 valence electrons. The van der Waals surface area contributed by atoms with Crippen LogP contribution in [0.1, 0.15) is 42.5 Å². The number of rotatable bonds is 6. The van der Waals surface area contributed by atoms with Crippen molar-refractivity contribution in [1.82, 2.24) is 15.1 Å². The number of carbonyl (C=O) groups is 3. The van der Waals surface area contributed by atoms with Gasteiger partial charge >= 0.3 is 12.6 Å². The van der Waals surface area contributed by atoms with Crippen molar-refractivity contribution in [3.63, 3.8) is 0 Å². The predicted molar refractivity (Wildman–Crippen MR) is 116 cm³/mol. The molecule has 1 N–H and O–H groups in total. The Bertz CT molecular complexity index is 1080. The van der Waals surface area contributed by atoms with Crippen LogP contribution in [0.5, 0.6) is 5.75 Å². The van der Waals surface area contributed by atoms with E-state index in [-0.39, 0.29) is 24.2 Å². The van der Waals surface area contributed by atoms with Gasteiger partial charge in [-0.2, -0.15) is 8.78 Å². The molecule has 0 saturated carbocycles. The molecule has 33 heavy (non-hydrogen) atoms. The summed E-state index contributed by atoms with van der Waals surface area (Å²) in [7, 11) is 1.69. The van der Waals surface area contributed by atoms with Crippen LogP contribution in [0.15, 0.2) is 48.5 Å². The van der Waals surface area contributed by atoms with Gasteiger partial charge in [0.05, 0.1) is 6.04 Å². The summed E-state index contributed by atoms with van der Waals surface area (Å²) in [5, 5.41) is 2.62. The van der Waals surface area contributed by atoms with E-state index in [0.717, 1.165) is 29.7 Å². The lowest BCUT2D eigenvalue weighted by molar-refractivity contribution is -0.139. The Balaban J connectivity index is 1.48. The van der Waals surface area contributed by atoms with Crippen molar-refractivity contribution in [2.75, 3.05) is 13.6 Å². The lowest BCUT2D eigenvalue weighted by atomic mass is 9.87. The van der Waals surface area contributed by atoms with Crippen LogP contribution in [0.3, 0.4) is 0 Å². The SMILES string of the molecule is CN(C(=O)CN1C(=O)NC(C)(c2ccc(OC(F)F)cc2)C1=O)C1CCCc2ccccc21. The Hall–Kier alpha value is -3.49. The number of ether oxygens (including phenoxy) is 1. The van der Waals surface area contributed by atoms with Gasteiger partial charge in [-0.15, -0.1) is 0 Å². The zero-order chi connectivity index (χ0) is 23.8. The van der Waals surface area contributed by atoms with Crippen LogP contribution < -0.4 is 10.1 Å². The van der Waals surface area contributed by atoms with Crippen LogP contribution in [0.2, 0.25) is 0 Å². The van der Waals surface area contributed by atoms with Gasteiger partial charge in [0.2, 0.25) is 5.91 Å². The molecule has 0 radical (unpaired) electrons. The summed E-state index contributed by atoms with van der Waals surface area (Å²) in [6.45, 7) is -1.84. The number of nitrogens with one attached hydrogen (secondary N) is 1. The van der Waals surface area contributed by atoms with E-state index in [2.05, 4.69) is 16.1 Å². The molecule has 2 aliphatic rings. The molecule has 0 bridgehead atoms. The third-order valence-electron chi connectivity index (χ3n) is 6.42. The fraction of sp³-hybridized carbons (Fsp3) is 0.375. The van der Waals surface area contributed by atoms with E-state index in [9.17, 15) is 23.2 Å². The summed E-state index contributed by atoms with van der Waals surface area (Å²) in [5.41, 5.74) is 1.27. The molecule has 7 nitrogen and oxygen atoms in total. The molecule has 2 atom stereocenters. The minimum Gasteiger partial charge on any atom is -0.435 e. The summed E-state index contributed by atoms with van der Waals surface area (Å²) >= 11 is 0. The Morgan fingerprint density at radius 1 is 1.21 bits per heavy atom. The molecule has 2 aromatic rings. The second-order valence-electron chi connectivity index (χ2n) is 8.46. The van der Waals surface area contributed by atoms with E-state index in [1.54, 1.807) is 11.9 Å². The number of halogens is 2. The Kier molecular flexibility index (Phi) is 6.05. The average Bonchev–Trinajstić information content (AvgIpc) is 3.02. The lowest BCUT2D eigenvalue weighted by Gasteiger charge is -2.34. The van der Waals surface area contributed by atoms with Crippen LogP contribution in [0.4, 0.5) is 13.6 Å². The van der Waals surface area contributed by atoms with Crippen molar-refractivity contribution in [3.8, 4) is 5.75 Å². The third-order valence-corrected chi connectivity index (χ3v) is 6.42. The Morgan fingerprint density at radius 3 is 2.61 bits per heavy atom. The van der Waals surface area contributed by atoms with Crippen molar-refractivity contribution in [1.29, 1.82) is 0 Å². The maximum absolute atomic E-state index is 13.2. The molecule has 0 aromatic heterocycles. The monoisotopic (exact) mass is 457 g/mol. The fourth-order valence-electron chi connectivity index (χ4n) is 4.56. The molecule has 1 saturated heterocycles. The standard InChI is InChI=1S/C24H25F2N3O4/c1-24(16-10-12-17(13-11-16)33-22(25)26)21(31)29(23(32)27-24)14-20(30)28(2)19-9-5-7-15-6-3-4-8-18(15)19/h3-4,6,8,10-13,19,22H,5,7,9,14H2,1-2H3,(H,27,32). The van der Waals surface area contributed by atoms with Crippen LogP contribution in [0.25, 0.3) is 0 Å². The molecule has 2 aromatic carbocycles. The summed E-state index contributed by atoms with van der Waals surface area (Å²) < 4.78 is 29.1. The van der Waals surface area contributed by atoms with Gasteiger partial charge < -0.3 is 15.0 Å². The number of hydrogen-bond donors (Lipinski definition) is 1. The van der Waals surface area contributed by atoms with Gasteiger partial charge in [-0.05, 0) is 55.0 Å². The fourth-order valence-corrected chi connectivity index (χ4v) is 4.56. The van der Waals surface area contributed by atoms with Crippen molar-refractivity contribution in [2.24, 2.45) is 0 Å². The van der Waals surface area contributed by atoms with E-state index in [4.69, 9.17) is 0 Å². The maximum Gasteiger partial charge on any atom is 0.387 e. The first-order valence-electron chi connectivity index (χ1n) is 10.7. The molecule has 1 heterocycles. The Labute approximate surface area is 190 Å². The largest absolute Gasteiger partial charge is 0.435 e. The predicted octanol–water partition coefficient (Wildman–Crippen LogP) is 3.59. The highest BCUT2D eigenvalue weighted by atomic mass is 19.3. The minimum atomic E-state index is -2.96. The molecular formula is C24H25F2N3O4. The van der Waals surface area contributed by atoms with E-state index in [1.807, 2.05) is 18.2 Å². The number of fused-ring (bicyclic) bond motifs is 1. The normalized spacial score (nSPS) is 22.2. The molecule has 1 aliphatic heterocycles. The second-order valence-corrected chi connectivity index (χ2v) is 8.46. The summed E-state index contributed by atoms with van der Waals surface area (Å²) in [6, 6.07) is 12.7. The number of alkyl halides is 2. The van der Waals surface area contributed by atoms with Crippen molar-refractivity contribution >= 4 is 17.8 Å². The molecule has 2 unspecified atom stereocenters. The second kappa shape index (κ2) is 8.80. The molecule has 1 aliphatic carbocycles. The number of amides is 4. The van der Waals surface area contributed by atoms with E-state index in [0.29, 0.717) is 5.56 Å². The molecule has 0 spiro atoms. The van der Waals surface area contributed by atoms with Crippen LogP contribution >= 0.6 is 0 Å². The van der Waals surface area contributed by atoms with Gasteiger partial charge in [-0.25, -0.2) is 4.79 Å².